The van der Waals surface area contributed by atoms with E-state index in [1.807, 2.05) is 18.2 Å². The van der Waals surface area contributed by atoms with E-state index in [9.17, 15) is 0 Å². The molecule has 2 nitrogen and oxygen atoms in total. The van der Waals surface area contributed by atoms with E-state index in [0.717, 1.165) is 23.3 Å². The lowest BCUT2D eigenvalue weighted by Gasteiger charge is -1.96. The van der Waals surface area contributed by atoms with Crippen LogP contribution >= 0.6 is 0 Å². The molecule has 0 fully saturated rings. The summed E-state index contributed by atoms with van der Waals surface area (Å²) in [5, 5.41) is 0. The first-order chi connectivity index (χ1) is 8.36. The van der Waals surface area contributed by atoms with Crippen LogP contribution in [0.3, 0.4) is 0 Å². The summed E-state index contributed by atoms with van der Waals surface area (Å²) >= 11 is 0. The first-order valence-corrected chi connectivity index (χ1v) is 5.90. The van der Waals surface area contributed by atoms with Gasteiger partial charge in [0.2, 0.25) is 0 Å². The first-order valence-electron chi connectivity index (χ1n) is 5.90. The molecule has 84 valence electrons. The molecular formula is C15H14N2. The number of pyridine rings is 1. The molecule has 0 saturated carbocycles. The minimum absolute atomic E-state index is 1.02. The number of aryl methyl sites for hydroxylation is 1. The molecule has 0 atom stereocenters. The van der Waals surface area contributed by atoms with Crippen molar-refractivity contribution in [3.63, 3.8) is 0 Å². The molecule has 2 aromatic heterocycles. The van der Waals surface area contributed by atoms with Crippen LogP contribution in [0.15, 0.2) is 54.9 Å². The zero-order valence-corrected chi connectivity index (χ0v) is 9.80. The molecule has 0 spiro atoms. The molecule has 2 heterocycles. The summed E-state index contributed by atoms with van der Waals surface area (Å²) in [4.78, 5) is 4.65. The molecule has 3 rings (SSSR count). The van der Waals surface area contributed by atoms with Crippen LogP contribution in [0.5, 0.6) is 0 Å². The van der Waals surface area contributed by atoms with Gasteiger partial charge in [-0.15, -0.1) is 0 Å². The van der Waals surface area contributed by atoms with Crippen molar-refractivity contribution in [3.8, 4) is 11.3 Å². The van der Waals surface area contributed by atoms with Gasteiger partial charge in [0.05, 0.1) is 5.69 Å². The topological polar surface area (TPSA) is 17.3 Å². The van der Waals surface area contributed by atoms with Gasteiger partial charge in [-0.3, -0.25) is 0 Å². The van der Waals surface area contributed by atoms with Crippen molar-refractivity contribution in [2.24, 2.45) is 0 Å². The Kier molecular flexibility index (Phi) is 2.41. The van der Waals surface area contributed by atoms with Crippen molar-refractivity contribution in [2.75, 3.05) is 0 Å². The lowest BCUT2D eigenvalue weighted by Crippen LogP contribution is -1.85. The number of imidazole rings is 1. The highest BCUT2D eigenvalue weighted by atomic mass is 15.0. The average molecular weight is 222 g/mol. The number of rotatable bonds is 2. The maximum Gasteiger partial charge on any atom is 0.137 e. The number of fused-ring (bicyclic) bond motifs is 1. The quantitative estimate of drug-likeness (QED) is 0.648. The largest absolute Gasteiger partial charge is 0.306 e. The van der Waals surface area contributed by atoms with Crippen molar-refractivity contribution in [3.05, 3.63) is 60.4 Å². The SMILES string of the molecule is CCc1ccn2cc(-c3ccccc3)nc2c1. The fourth-order valence-corrected chi connectivity index (χ4v) is 1.99. The summed E-state index contributed by atoms with van der Waals surface area (Å²) < 4.78 is 2.07. The maximum atomic E-state index is 4.65. The summed E-state index contributed by atoms with van der Waals surface area (Å²) in [5.74, 6) is 0. The fraction of sp³-hybridized carbons (Fsp3) is 0.133. The normalized spacial score (nSPS) is 10.9. The molecule has 0 aliphatic carbocycles. The van der Waals surface area contributed by atoms with Crippen LogP contribution in [-0.2, 0) is 6.42 Å². The van der Waals surface area contributed by atoms with Crippen molar-refractivity contribution in [1.82, 2.24) is 9.38 Å². The third kappa shape index (κ3) is 1.82. The number of hydrogen-bond acceptors (Lipinski definition) is 1. The monoisotopic (exact) mass is 222 g/mol. The molecule has 0 aliphatic rings. The summed E-state index contributed by atoms with van der Waals surface area (Å²) in [7, 11) is 0. The van der Waals surface area contributed by atoms with Crippen molar-refractivity contribution >= 4 is 5.65 Å². The summed E-state index contributed by atoms with van der Waals surface area (Å²) in [6, 6.07) is 14.6. The second-order valence-electron chi connectivity index (χ2n) is 4.15. The molecule has 17 heavy (non-hydrogen) atoms. The highest BCUT2D eigenvalue weighted by Crippen LogP contribution is 2.19. The Morgan fingerprint density at radius 1 is 1.12 bits per heavy atom. The lowest BCUT2D eigenvalue weighted by molar-refractivity contribution is 1.10. The van der Waals surface area contributed by atoms with Gasteiger partial charge in [-0.1, -0.05) is 37.3 Å². The Morgan fingerprint density at radius 3 is 2.71 bits per heavy atom. The van der Waals surface area contributed by atoms with E-state index in [0.29, 0.717) is 0 Å². The second-order valence-corrected chi connectivity index (χ2v) is 4.15. The van der Waals surface area contributed by atoms with Crippen LogP contribution in [0.2, 0.25) is 0 Å². The number of benzene rings is 1. The molecule has 0 radical (unpaired) electrons. The highest BCUT2D eigenvalue weighted by Gasteiger charge is 2.03. The molecule has 0 N–H and O–H groups in total. The first kappa shape index (κ1) is 10.1. The van der Waals surface area contributed by atoms with Gasteiger partial charge in [0.15, 0.2) is 0 Å². The molecule has 0 amide bonds. The summed E-state index contributed by atoms with van der Waals surface area (Å²) in [6.07, 6.45) is 5.20. The van der Waals surface area contributed by atoms with Crippen LogP contribution < -0.4 is 0 Å². The molecular weight excluding hydrogens is 208 g/mol. The van der Waals surface area contributed by atoms with E-state index in [-0.39, 0.29) is 0 Å². The highest BCUT2D eigenvalue weighted by molar-refractivity contribution is 5.62. The van der Waals surface area contributed by atoms with Crippen molar-refractivity contribution in [1.29, 1.82) is 0 Å². The maximum absolute atomic E-state index is 4.65. The van der Waals surface area contributed by atoms with Crippen LogP contribution in [-0.4, -0.2) is 9.38 Å². The van der Waals surface area contributed by atoms with Gasteiger partial charge < -0.3 is 4.40 Å². The van der Waals surface area contributed by atoms with E-state index in [1.165, 1.54) is 5.56 Å². The van der Waals surface area contributed by atoms with Gasteiger partial charge in [-0.25, -0.2) is 4.98 Å². The molecule has 1 aromatic carbocycles. The Morgan fingerprint density at radius 2 is 1.94 bits per heavy atom. The van der Waals surface area contributed by atoms with E-state index in [1.54, 1.807) is 0 Å². The molecule has 0 aliphatic heterocycles. The van der Waals surface area contributed by atoms with E-state index in [4.69, 9.17) is 0 Å². The molecule has 0 bridgehead atoms. The summed E-state index contributed by atoms with van der Waals surface area (Å²) in [6.45, 7) is 2.16. The van der Waals surface area contributed by atoms with Crippen molar-refractivity contribution < 1.29 is 0 Å². The molecule has 3 aromatic rings. The van der Waals surface area contributed by atoms with Gasteiger partial charge in [-0.2, -0.15) is 0 Å². The summed E-state index contributed by atoms with van der Waals surface area (Å²) in [5.41, 5.74) is 4.53. The second kappa shape index (κ2) is 4.06. The Hall–Kier alpha value is -2.09. The average Bonchev–Trinajstić information content (AvgIpc) is 2.82. The van der Waals surface area contributed by atoms with Gasteiger partial charge in [0, 0.05) is 18.0 Å². The predicted molar refractivity (Wildman–Crippen MR) is 70.0 cm³/mol. The zero-order valence-electron chi connectivity index (χ0n) is 9.80. The standard InChI is InChI=1S/C15H14N2/c1-2-12-8-9-17-11-14(16-15(17)10-12)13-6-4-3-5-7-13/h3-11H,2H2,1H3. The van der Waals surface area contributed by atoms with Crippen LogP contribution in [0, 0.1) is 0 Å². The minimum Gasteiger partial charge on any atom is -0.306 e. The van der Waals surface area contributed by atoms with E-state index < -0.39 is 0 Å². The Bertz CT molecular complexity index is 638. The Balaban J connectivity index is 2.14. The Labute approximate surface area is 101 Å². The van der Waals surface area contributed by atoms with Gasteiger partial charge in [0.1, 0.15) is 5.65 Å². The lowest BCUT2D eigenvalue weighted by atomic mass is 10.2. The third-order valence-corrected chi connectivity index (χ3v) is 3.00. The van der Waals surface area contributed by atoms with Crippen molar-refractivity contribution in [2.45, 2.75) is 13.3 Å². The predicted octanol–water partition coefficient (Wildman–Crippen LogP) is 3.56. The molecule has 2 heteroatoms. The fourth-order valence-electron chi connectivity index (χ4n) is 1.99. The van der Waals surface area contributed by atoms with Crippen LogP contribution in [0.25, 0.3) is 16.9 Å². The van der Waals surface area contributed by atoms with E-state index in [2.05, 4.69) is 53.0 Å². The van der Waals surface area contributed by atoms with Crippen LogP contribution in [0.4, 0.5) is 0 Å². The molecule has 0 unspecified atom stereocenters. The molecule has 0 saturated heterocycles. The van der Waals surface area contributed by atoms with Gasteiger partial charge in [-0.05, 0) is 24.1 Å². The minimum atomic E-state index is 1.02. The smallest absolute Gasteiger partial charge is 0.137 e. The van der Waals surface area contributed by atoms with Gasteiger partial charge in [0.25, 0.3) is 0 Å². The van der Waals surface area contributed by atoms with Crippen LogP contribution in [0.1, 0.15) is 12.5 Å². The number of aromatic nitrogens is 2. The van der Waals surface area contributed by atoms with Gasteiger partial charge >= 0.3 is 0 Å². The zero-order chi connectivity index (χ0) is 11.7. The van der Waals surface area contributed by atoms with E-state index >= 15 is 0 Å². The third-order valence-electron chi connectivity index (χ3n) is 3.00. The number of nitrogens with zero attached hydrogens (tertiary/aromatic N) is 2. The number of hydrogen-bond donors (Lipinski definition) is 0.